The van der Waals surface area contributed by atoms with E-state index in [1.165, 1.54) is 16.7 Å². The van der Waals surface area contributed by atoms with E-state index >= 15 is 0 Å². The maximum absolute atomic E-state index is 13.2. The molecule has 3 aromatic carbocycles. The molecule has 0 unspecified atom stereocenters. The lowest BCUT2D eigenvalue weighted by Gasteiger charge is -2.31. The molecule has 1 aromatic heterocycles. The number of aromatic nitrogens is 2. The summed E-state index contributed by atoms with van der Waals surface area (Å²) in [6.07, 6.45) is 7.98. The van der Waals surface area contributed by atoms with Gasteiger partial charge in [0.2, 0.25) is 5.91 Å². The number of fused-ring (bicyclic) bond motifs is 1. The highest BCUT2D eigenvalue weighted by molar-refractivity contribution is 5.96. The Kier molecular flexibility index (Phi) is 7.78. The SMILES string of the molecule is Cc1cccc(OCCCC(=O)N2CCCc3c(-c4cnn(CCc5cccc(N)c5)c4)cccc32)c1C. The lowest BCUT2D eigenvalue weighted by Crippen LogP contribution is -2.35. The molecule has 1 amide bonds. The number of aryl methyl sites for hydroxylation is 3. The first kappa shape index (κ1) is 25.6. The van der Waals surface area contributed by atoms with Crippen LogP contribution in [0.1, 0.15) is 41.5 Å². The Bertz CT molecular complexity index is 1420. The van der Waals surface area contributed by atoms with Crippen LogP contribution in [0, 0.1) is 13.8 Å². The molecule has 0 bridgehead atoms. The molecule has 0 fully saturated rings. The summed E-state index contributed by atoms with van der Waals surface area (Å²) in [5.74, 6) is 1.06. The number of carbonyl (C=O) groups is 1. The third-order valence-electron chi connectivity index (χ3n) is 7.42. The normalized spacial score (nSPS) is 12.8. The van der Waals surface area contributed by atoms with E-state index in [4.69, 9.17) is 10.5 Å². The van der Waals surface area contributed by atoms with Crippen molar-refractivity contribution in [3.63, 3.8) is 0 Å². The Morgan fingerprint density at radius 1 is 1.08 bits per heavy atom. The van der Waals surface area contributed by atoms with Crippen LogP contribution in [-0.2, 0) is 24.2 Å². The van der Waals surface area contributed by atoms with E-state index in [-0.39, 0.29) is 5.91 Å². The minimum absolute atomic E-state index is 0.158. The maximum Gasteiger partial charge on any atom is 0.227 e. The average Bonchev–Trinajstić information content (AvgIpc) is 3.40. The zero-order chi connectivity index (χ0) is 26.5. The van der Waals surface area contributed by atoms with Crippen LogP contribution in [0.3, 0.4) is 0 Å². The van der Waals surface area contributed by atoms with Crippen LogP contribution in [0.5, 0.6) is 5.75 Å². The molecule has 0 spiro atoms. The molecule has 1 aliphatic rings. The van der Waals surface area contributed by atoms with Gasteiger partial charge in [0.15, 0.2) is 0 Å². The fourth-order valence-electron chi connectivity index (χ4n) is 5.19. The summed E-state index contributed by atoms with van der Waals surface area (Å²) in [4.78, 5) is 15.2. The van der Waals surface area contributed by atoms with Crippen molar-refractivity contribution >= 4 is 17.3 Å². The zero-order valence-electron chi connectivity index (χ0n) is 22.3. The van der Waals surface area contributed by atoms with Crippen molar-refractivity contribution in [1.29, 1.82) is 0 Å². The summed E-state index contributed by atoms with van der Waals surface area (Å²) < 4.78 is 7.96. The largest absolute Gasteiger partial charge is 0.493 e. The standard InChI is InChI=1S/C32H36N4O2/c1-23-8-3-14-31(24(23)2)38-19-7-15-32(37)36-17-6-12-29-28(11-5-13-30(29)36)26-21-34-35(22-26)18-16-25-9-4-10-27(33)20-25/h3-5,8-11,13-14,20-22H,6-7,12,15-19,33H2,1-2H3. The molecular formula is C32H36N4O2. The fraction of sp³-hybridized carbons (Fsp3) is 0.312. The topological polar surface area (TPSA) is 73.4 Å². The molecule has 6 heteroatoms. The van der Waals surface area contributed by atoms with Gasteiger partial charge in [0.05, 0.1) is 12.8 Å². The van der Waals surface area contributed by atoms with Crippen LogP contribution in [0.2, 0.25) is 0 Å². The van der Waals surface area contributed by atoms with Gasteiger partial charge in [-0.3, -0.25) is 9.48 Å². The van der Waals surface area contributed by atoms with E-state index in [2.05, 4.69) is 49.4 Å². The van der Waals surface area contributed by atoms with Gasteiger partial charge in [-0.15, -0.1) is 0 Å². The molecule has 4 aromatic rings. The average molecular weight is 509 g/mol. The molecule has 5 rings (SSSR count). The van der Waals surface area contributed by atoms with Crippen LogP contribution in [-0.4, -0.2) is 28.8 Å². The minimum atomic E-state index is 0.158. The number of hydrogen-bond donors (Lipinski definition) is 1. The molecule has 196 valence electrons. The van der Waals surface area contributed by atoms with E-state index in [0.29, 0.717) is 19.4 Å². The van der Waals surface area contributed by atoms with E-state index < -0.39 is 0 Å². The van der Waals surface area contributed by atoms with Gasteiger partial charge < -0.3 is 15.4 Å². The number of nitrogens with two attached hydrogens (primary N) is 1. The number of nitrogens with zero attached hydrogens (tertiary/aromatic N) is 3. The smallest absolute Gasteiger partial charge is 0.227 e. The summed E-state index contributed by atoms with van der Waals surface area (Å²) in [6.45, 7) is 6.23. The number of hydrogen-bond acceptors (Lipinski definition) is 4. The maximum atomic E-state index is 13.2. The van der Waals surface area contributed by atoms with Gasteiger partial charge in [0, 0.05) is 42.6 Å². The van der Waals surface area contributed by atoms with Crippen molar-refractivity contribution in [2.24, 2.45) is 0 Å². The van der Waals surface area contributed by atoms with Crippen molar-refractivity contribution in [3.05, 3.63) is 95.3 Å². The number of nitrogen functional groups attached to an aromatic ring is 1. The summed E-state index contributed by atoms with van der Waals surface area (Å²) in [5, 5.41) is 4.61. The minimum Gasteiger partial charge on any atom is -0.493 e. The van der Waals surface area contributed by atoms with Gasteiger partial charge in [-0.25, -0.2) is 0 Å². The monoisotopic (exact) mass is 508 g/mol. The molecule has 1 aliphatic heterocycles. The highest BCUT2D eigenvalue weighted by Gasteiger charge is 2.24. The summed E-state index contributed by atoms with van der Waals surface area (Å²) in [6, 6.07) is 20.4. The van der Waals surface area contributed by atoms with Crippen molar-refractivity contribution in [2.75, 3.05) is 23.8 Å². The first-order valence-electron chi connectivity index (χ1n) is 13.5. The van der Waals surface area contributed by atoms with Gasteiger partial charge in [-0.05, 0) is 91.6 Å². The number of anilines is 2. The number of rotatable bonds is 9. The highest BCUT2D eigenvalue weighted by atomic mass is 16.5. The van der Waals surface area contributed by atoms with E-state index in [1.807, 2.05) is 52.2 Å². The van der Waals surface area contributed by atoms with E-state index in [0.717, 1.165) is 66.2 Å². The van der Waals surface area contributed by atoms with Crippen molar-refractivity contribution < 1.29 is 9.53 Å². The second-order valence-electron chi connectivity index (χ2n) is 10.1. The lowest BCUT2D eigenvalue weighted by atomic mass is 9.93. The van der Waals surface area contributed by atoms with Crippen LogP contribution in [0.25, 0.3) is 11.1 Å². The third kappa shape index (κ3) is 5.75. The highest BCUT2D eigenvalue weighted by Crippen LogP contribution is 2.35. The van der Waals surface area contributed by atoms with Crippen molar-refractivity contribution in [1.82, 2.24) is 9.78 Å². The number of carbonyl (C=O) groups excluding carboxylic acids is 1. The molecule has 0 radical (unpaired) electrons. The molecule has 0 saturated heterocycles. The predicted molar refractivity (Wildman–Crippen MR) is 154 cm³/mol. The molecule has 38 heavy (non-hydrogen) atoms. The second kappa shape index (κ2) is 11.5. The number of benzene rings is 3. The Morgan fingerprint density at radius 2 is 1.92 bits per heavy atom. The first-order chi connectivity index (χ1) is 18.5. The Labute approximate surface area is 225 Å². The third-order valence-corrected chi connectivity index (χ3v) is 7.42. The van der Waals surface area contributed by atoms with Crippen LogP contribution in [0.15, 0.2) is 73.1 Å². The Balaban J connectivity index is 1.23. The van der Waals surface area contributed by atoms with Crippen LogP contribution >= 0.6 is 0 Å². The van der Waals surface area contributed by atoms with Crippen LogP contribution in [0.4, 0.5) is 11.4 Å². The van der Waals surface area contributed by atoms with Crippen molar-refractivity contribution in [3.8, 4) is 16.9 Å². The van der Waals surface area contributed by atoms with Crippen molar-refractivity contribution in [2.45, 2.75) is 52.5 Å². The Morgan fingerprint density at radius 3 is 2.79 bits per heavy atom. The van der Waals surface area contributed by atoms with Gasteiger partial charge in [0.1, 0.15) is 5.75 Å². The van der Waals surface area contributed by atoms with E-state index in [1.54, 1.807) is 0 Å². The first-order valence-corrected chi connectivity index (χ1v) is 13.5. The second-order valence-corrected chi connectivity index (χ2v) is 10.1. The summed E-state index contributed by atoms with van der Waals surface area (Å²) in [5.41, 5.74) is 14.8. The number of amides is 1. The van der Waals surface area contributed by atoms with Crippen LogP contribution < -0.4 is 15.4 Å². The van der Waals surface area contributed by atoms with Gasteiger partial charge in [-0.2, -0.15) is 5.10 Å². The fourth-order valence-corrected chi connectivity index (χ4v) is 5.19. The van der Waals surface area contributed by atoms with Gasteiger partial charge in [0.25, 0.3) is 0 Å². The predicted octanol–water partition coefficient (Wildman–Crippen LogP) is 6.13. The van der Waals surface area contributed by atoms with Gasteiger partial charge in [-0.1, -0.05) is 36.4 Å². The zero-order valence-corrected chi connectivity index (χ0v) is 22.3. The summed E-state index contributed by atoms with van der Waals surface area (Å²) >= 11 is 0. The summed E-state index contributed by atoms with van der Waals surface area (Å²) in [7, 11) is 0. The van der Waals surface area contributed by atoms with E-state index in [9.17, 15) is 4.79 Å². The molecule has 6 nitrogen and oxygen atoms in total. The Hall–Kier alpha value is -4.06. The number of ether oxygens (including phenoxy) is 1. The molecule has 0 atom stereocenters. The molecular weight excluding hydrogens is 472 g/mol. The molecule has 2 N–H and O–H groups in total. The quantitative estimate of drug-likeness (QED) is 0.218. The molecule has 0 aliphatic carbocycles. The lowest BCUT2D eigenvalue weighted by molar-refractivity contribution is -0.118. The molecule has 2 heterocycles. The molecule has 0 saturated carbocycles. The van der Waals surface area contributed by atoms with Gasteiger partial charge >= 0.3 is 0 Å².